The quantitative estimate of drug-likeness (QED) is 0.557. The van der Waals surface area contributed by atoms with Gasteiger partial charge in [-0.15, -0.1) is 0 Å². The van der Waals surface area contributed by atoms with Crippen molar-refractivity contribution < 1.29 is 4.74 Å². The van der Waals surface area contributed by atoms with Gasteiger partial charge >= 0.3 is 0 Å². The van der Waals surface area contributed by atoms with E-state index >= 15 is 0 Å². The van der Waals surface area contributed by atoms with E-state index in [1.165, 1.54) is 0 Å². The van der Waals surface area contributed by atoms with Crippen molar-refractivity contribution in [1.29, 1.82) is 0 Å². The zero-order chi connectivity index (χ0) is 22.8. The van der Waals surface area contributed by atoms with Gasteiger partial charge in [-0.25, -0.2) is 9.97 Å². The summed E-state index contributed by atoms with van der Waals surface area (Å²) in [6.07, 6.45) is 9.07. The second-order valence-corrected chi connectivity index (χ2v) is 7.89. The van der Waals surface area contributed by atoms with E-state index in [1.54, 1.807) is 30.1 Å². The van der Waals surface area contributed by atoms with Gasteiger partial charge in [-0.1, -0.05) is 31.4 Å². The zero-order valence-electron chi connectivity index (χ0n) is 18.8. The second kappa shape index (κ2) is 8.92. The predicted octanol–water partition coefficient (Wildman–Crippen LogP) is 3.20. The summed E-state index contributed by atoms with van der Waals surface area (Å²) in [4.78, 5) is 28.7. The van der Waals surface area contributed by atoms with E-state index in [2.05, 4.69) is 34.5 Å². The minimum atomic E-state index is -0.115. The molecule has 0 spiro atoms. The molecule has 4 heterocycles. The van der Waals surface area contributed by atoms with Crippen LogP contribution in [0.3, 0.4) is 0 Å². The molecule has 0 aliphatic carbocycles. The number of pyridine rings is 1. The molecular formula is C24H28N6O2. The third-order valence-corrected chi connectivity index (χ3v) is 5.75. The van der Waals surface area contributed by atoms with Crippen molar-refractivity contribution >= 4 is 17.1 Å². The molecule has 3 aromatic rings. The fraction of sp³-hybridized carbons (Fsp3) is 0.333. The fourth-order valence-corrected chi connectivity index (χ4v) is 4.03. The van der Waals surface area contributed by atoms with E-state index in [9.17, 15) is 4.79 Å². The third kappa shape index (κ3) is 3.89. The normalized spacial score (nSPS) is 15.7. The Morgan fingerprint density at radius 2 is 2.00 bits per heavy atom. The van der Waals surface area contributed by atoms with Crippen molar-refractivity contribution in [3.8, 4) is 11.4 Å². The summed E-state index contributed by atoms with van der Waals surface area (Å²) in [5, 5.41) is 0. The molecule has 3 aromatic heterocycles. The molecule has 8 heteroatoms. The lowest BCUT2D eigenvalue weighted by Gasteiger charge is -2.26. The molecular weight excluding hydrogens is 404 g/mol. The number of morpholine rings is 1. The first-order valence-electron chi connectivity index (χ1n) is 10.6. The van der Waals surface area contributed by atoms with Gasteiger partial charge in [0.25, 0.3) is 5.56 Å². The Hall–Kier alpha value is -3.52. The average molecular weight is 433 g/mol. The molecule has 0 bridgehead atoms. The summed E-state index contributed by atoms with van der Waals surface area (Å²) in [7, 11) is 1.75. The van der Waals surface area contributed by atoms with E-state index < -0.39 is 0 Å². The summed E-state index contributed by atoms with van der Waals surface area (Å²) >= 11 is 0. The van der Waals surface area contributed by atoms with Crippen molar-refractivity contribution in [2.45, 2.75) is 19.9 Å². The Labute approximate surface area is 187 Å². The molecule has 1 atom stereocenters. The second-order valence-electron chi connectivity index (χ2n) is 7.89. The van der Waals surface area contributed by atoms with Crippen LogP contribution >= 0.6 is 0 Å². The minimum Gasteiger partial charge on any atom is -0.378 e. The Balaban J connectivity index is 1.96. The van der Waals surface area contributed by atoms with E-state index in [0.717, 1.165) is 35.7 Å². The van der Waals surface area contributed by atoms with Crippen molar-refractivity contribution in [2.75, 3.05) is 31.2 Å². The third-order valence-electron chi connectivity index (χ3n) is 5.75. The van der Waals surface area contributed by atoms with Gasteiger partial charge in [0.1, 0.15) is 11.3 Å². The molecule has 8 nitrogen and oxygen atoms in total. The number of aromatic nitrogens is 5. The molecule has 1 fully saturated rings. The van der Waals surface area contributed by atoms with Crippen LogP contribution in [0.15, 0.2) is 60.2 Å². The van der Waals surface area contributed by atoms with Gasteiger partial charge < -0.3 is 18.8 Å². The highest BCUT2D eigenvalue weighted by molar-refractivity contribution is 5.78. The number of allylic oxidation sites excluding steroid dienone is 4. The van der Waals surface area contributed by atoms with E-state index in [-0.39, 0.29) is 11.6 Å². The molecule has 1 aliphatic rings. The maximum absolute atomic E-state index is 12.3. The van der Waals surface area contributed by atoms with Crippen LogP contribution in [0.5, 0.6) is 0 Å². The Kier molecular flexibility index (Phi) is 6.05. The van der Waals surface area contributed by atoms with Gasteiger partial charge in [-0.2, -0.15) is 4.98 Å². The number of hydrogen-bond acceptors (Lipinski definition) is 6. The van der Waals surface area contributed by atoms with Crippen LogP contribution in [0.4, 0.5) is 5.95 Å². The lowest BCUT2D eigenvalue weighted by molar-refractivity contribution is 0.122. The number of aryl methyl sites for hydroxylation is 2. The number of anilines is 1. The Bertz CT molecular complexity index is 1240. The van der Waals surface area contributed by atoms with Crippen LogP contribution in [0, 0.1) is 6.92 Å². The number of rotatable bonds is 6. The van der Waals surface area contributed by atoms with Crippen molar-refractivity contribution in [1.82, 2.24) is 24.1 Å². The smallest absolute Gasteiger partial charge is 0.253 e. The molecule has 1 aliphatic heterocycles. The van der Waals surface area contributed by atoms with Crippen LogP contribution < -0.4 is 10.5 Å². The van der Waals surface area contributed by atoms with E-state index in [1.807, 2.05) is 25.1 Å². The summed E-state index contributed by atoms with van der Waals surface area (Å²) in [6, 6.07) is 1.75. The predicted molar refractivity (Wildman–Crippen MR) is 127 cm³/mol. The van der Waals surface area contributed by atoms with Gasteiger partial charge in [0.2, 0.25) is 5.95 Å². The molecule has 4 rings (SSSR count). The minimum absolute atomic E-state index is 0.0304. The first-order chi connectivity index (χ1) is 15.4. The molecule has 0 amide bonds. The van der Waals surface area contributed by atoms with Crippen LogP contribution in [0.25, 0.3) is 22.6 Å². The van der Waals surface area contributed by atoms with Gasteiger partial charge in [0, 0.05) is 37.5 Å². The van der Waals surface area contributed by atoms with Crippen molar-refractivity contribution in [3.63, 3.8) is 0 Å². The number of imidazole rings is 1. The molecule has 32 heavy (non-hydrogen) atoms. The first kappa shape index (κ1) is 21.7. The number of ether oxygens (including phenoxy) is 1. The van der Waals surface area contributed by atoms with E-state index in [0.29, 0.717) is 30.2 Å². The molecule has 0 radical (unpaired) electrons. The fourth-order valence-electron chi connectivity index (χ4n) is 4.03. The molecule has 1 saturated heterocycles. The molecule has 0 aromatic carbocycles. The standard InChI is InChI=1S/C24H28N6O2/c1-6-8-18(7-2)17(4)30-21(19-13-16(3)23(31)28(5)15-19)26-20-14-25-24(27-22(20)30)29-9-11-32-12-10-29/h6-8,13-15,17H,1-2,9-12H2,3-5H3/b18-8+. The van der Waals surface area contributed by atoms with Crippen molar-refractivity contribution in [3.05, 3.63) is 71.3 Å². The summed E-state index contributed by atoms with van der Waals surface area (Å²) < 4.78 is 9.13. The average Bonchev–Trinajstić information content (AvgIpc) is 3.19. The number of fused-ring (bicyclic) bond motifs is 1. The topological polar surface area (TPSA) is 78.1 Å². The molecule has 0 saturated carbocycles. The van der Waals surface area contributed by atoms with Crippen LogP contribution in [-0.4, -0.2) is 50.4 Å². The van der Waals surface area contributed by atoms with Crippen LogP contribution in [0.1, 0.15) is 18.5 Å². The zero-order valence-corrected chi connectivity index (χ0v) is 18.8. The molecule has 0 N–H and O–H groups in total. The summed E-state index contributed by atoms with van der Waals surface area (Å²) in [6.45, 7) is 14.5. The van der Waals surface area contributed by atoms with Gasteiger partial charge in [0.15, 0.2) is 5.65 Å². The Morgan fingerprint density at radius 3 is 2.66 bits per heavy atom. The number of nitrogens with zero attached hydrogens (tertiary/aromatic N) is 6. The van der Waals surface area contributed by atoms with Gasteiger partial charge in [0.05, 0.1) is 25.5 Å². The lowest BCUT2D eigenvalue weighted by Crippen LogP contribution is -2.37. The largest absolute Gasteiger partial charge is 0.378 e. The molecule has 166 valence electrons. The van der Waals surface area contributed by atoms with Gasteiger partial charge in [-0.05, 0) is 25.5 Å². The van der Waals surface area contributed by atoms with E-state index in [4.69, 9.17) is 14.7 Å². The molecule has 1 unspecified atom stereocenters. The van der Waals surface area contributed by atoms with Crippen LogP contribution in [-0.2, 0) is 11.8 Å². The summed E-state index contributed by atoms with van der Waals surface area (Å²) in [5.41, 5.74) is 3.86. The lowest BCUT2D eigenvalue weighted by atomic mass is 10.1. The first-order valence-corrected chi connectivity index (χ1v) is 10.6. The SMILES string of the molecule is C=C/C=C(\C=C)C(C)n1c(-c2cc(C)c(=O)n(C)c2)nc2cnc(N3CCOCC3)nc21. The monoisotopic (exact) mass is 432 g/mol. The van der Waals surface area contributed by atoms with Crippen molar-refractivity contribution in [2.24, 2.45) is 7.05 Å². The Morgan fingerprint density at radius 1 is 1.25 bits per heavy atom. The summed E-state index contributed by atoms with van der Waals surface area (Å²) in [5.74, 6) is 1.38. The highest BCUT2D eigenvalue weighted by Gasteiger charge is 2.23. The van der Waals surface area contributed by atoms with Gasteiger partial charge in [-0.3, -0.25) is 4.79 Å². The highest BCUT2D eigenvalue weighted by atomic mass is 16.5. The highest BCUT2D eigenvalue weighted by Crippen LogP contribution is 2.31. The number of hydrogen-bond donors (Lipinski definition) is 0. The van der Waals surface area contributed by atoms with Crippen LogP contribution in [0.2, 0.25) is 0 Å². The maximum atomic E-state index is 12.3. The maximum Gasteiger partial charge on any atom is 0.253 e.